The summed E-state index contributed by atoms with van der Waals surface area (Å²) in [5, 5.41) is 11.9. The molecule has 0 saturated carbocycles. The molecule has 0 bridgehead atoms. The Labute approximate surface area is 158 Å². The Bertz CT molecular complexity index is 958. The third-order valence-electron chi connectivity index (χ3n) is 4.69. The van der Waals surface area contributed by atoms with E-state index in [9.17, 15) is 4.79 Å². The first-order chi connectivity index (χ1) is 12.5. The number of rotatable bonds is 7. The Hall–Kier alpha value is -2.66. The van der Waals surface area contributed by atoms with Crippen LogP contribution in [0.15, 0.2) is 42.5 Å². The minimum absolute atomic E-state index is 0.109. The van der Waals surface area contributed by atoms with Crippen LogP contribution in [0.25, 0.3) is 10.9 Å². The van der Waals surface area contributed by atoms with Gasteiger partial charge >= 0.3 is 5.97 Å². The van der Waals surface area contributed by atoms with Gasteiger partial charge in [-0.1, -0.05) is 36.5 Å². The van der Waals surface area contributed by atoms with Crippen LogP contribution < -0.4 is 4.74 Å². The van der Waals surface area contributed by atoms with E-state index in [0.717, 1.165) is 39.0 Å². The smallest absolute Gasteiger partial charge is 0.303 e. The molecule has 0 atom stereocenters. The molecular weight excluding hydrogens is 346 g/mol. The quantitative estimate of drug-likeness (QED) is 0.630. The molecule has 0 aliphatic carbocycles. The van der Waals surface area contributed by atoms with Gasteiger partial charge in [0.15, 0.2) is 0 Å². The minimum atomic E-state index is -0.788. The van der Waals surface area contributed by atoms with Gasteiger partial charge in [-0.15, -0.1) is 0 Å². The standard InChI is InChI=1S/C21H21NO3S/c1-14-18-11-17(25-2)7-8-20(18)22(19(14)9-10-21(23)24)12-15-3-5-16(13-26)6-4-15/h3-8,11,13H,9-10,12H2,1-2H3,(H,23,24). The van der Waals surface area contributed by atoms with Crippen LogP contribution >= 0.6 is 12.2 Å². The molecular formula is C21H21NO3S. The first kappa shape index (κ1) is 18.1. The van der Waals surface area contributed by atoms with E-state index in [1.54, 1.807) is 12.5 Å². The van der Waals surface area contributed by atoms with E-state index >= 15 is 0 Å². The molecule has 2 aromatic carbocycles. The number of aryl methyl sites for hydroxylation is 1. The topological polar surface area (TPSA) is 51.5 Å². The lowest BCUT2D eigenvalue weighted by Crippen LogP contribution is -2.08. The average Bonchev–Trinajstić information content (AvgIpc) is 2.91. The molecule has 3 rings (SSSR count). The third-order valence-corrected chi connectivity index (χ3v) is 4.96. The zero-order valence-corrected chi connectivity index (χ0v) is 15.7. The number of methoxy groups -OCH3 is 1. The third kappa shape index (κ3) is 3.63. The van der Waals surface area contributed by atoms with Gasteiger partial charge in [0, 0.05) is 28.5 Å². The molecule has 0 amide bonds. The number of thiocarbonyl (C=S) groups is 1. The molecule has 0 unspecified atom stereocenters. The van der Waals surface area contributed by atoms with Gasteiger partial charge < -0.3 is 14.4 Å². The molecule has 1 heterocycles. The van der Waals surface area contributed by atoms with E-state index in [-0.39, 0.29) is 6.42 Å². The number of carbonyl (C=O) groups is 1. The van der Waals surface area contributed by atoms with Crippen LogP contribution in [0, 0.1) is 6.92 Å². The fourth-order valence-corrected chi connectivity index (χ4v) is 3.45. The second kappa shape index (κ2) is 7.70. The van der Waals surface area contributed by atoms with Gasteiger partial charge in [0.1, 0.15) is 5.75 Å². The Morgan fingerprint density at radius 1 is 1.23 bits per heavy atom. The van der Waals surface area contributed by atoms with Crippen LogP contribution in [0.2, 0.25) is 0 Å². The van der Waals surface area contributed by atoms with Crippen LogP contribution in [0.1, 0.15) is 28.8 Å². The van der Waals surface area contributed by atoms with Gasteiger partial charge in [-0.3, -0.25) is 4.79 Å². The highest BCUT2D eigenvalue weighted by Gasteiger charge is 2.16. The molecule has 5 heteroatoms. The highest BCUT2D eigenvalue weighted by atomic mass is 32.1. The van der Waals surface area contributed by atoms with Crippen LogP contribution in [0.5, 0.6) is 5.75 Å². The van der Waals surface area contributed by atoms with E-state index in [0.29, 0.717) is 13.0 Å². The van der Waals surface area contributed by atoms with Gasteiger partial charge in [0.05, 0.1) is 13.5 Å². The molecule has 1 N–H and O–H groups in total. The lowest BCUT2D eigenvalue weighted by atomic mass is 10.1. The average molecular weight is 367 g/mol. The molecule has 4 nitrogen and oxygen atoms in total. The molecule has 0 aliphatic rings. The zero-order chi connectivity index (χ0) is 18.7. The van der Waals surface area contributed by atoms with Crippen molar-refractivity contribution in [3.63, 3.8) is 0 Å². The molecule has 0 radical (unpaired) electrons. The van der Waals surface area contributed by atoms with Crippen molar-refractivity contribution >= 4 is 34.5 Å². The van der Waals surface area contributed by atoms with Crippen molar-refractivity contribution in [2.45, 2.75) is 26.3 Å². The van der Waals surface area contributed by atoms with Crippen LogP contribution in [-0.4, -0.2) is 28.1 Å². The van der Waals surface area contributed by atoms with E-state index in [1.165, 1.54) is 0 Å². The summed E-state index contributed by atoms with van der Waals surface area (Å²) in [4.78, 5) is 11.1. The van der Waals surface area contributed by atoms with Gasteiger partial charge in [0.2, 0.25) is 0 Å². The molecule has 134 valence electrons. The lowest BCUT2D eigenvalue weighted by molar-refractivity contribution is -0.136. The second-order valence-corrected chi connectivity index (χ2v) is 6.53. The summed E-state index contributed by atoms with van der Waals surface area (Å²) in [6.07, 6.45) is 0.605. The Balaban J connectivity index is 2.08. The Morgan fingerprint density at radius 3 is 2.58 bits per heavy atom. The Kier molecular flexibility index (Phi) is 5.38. The van der Waals surface area contributed by atoms with Crippen molar-refractivity contribution in [3.8, 4) is 5.75 Å². The molecule has 3 aromatic rings. The number of nitrogens with zero attached hydrogens (tertiary/aromatic N) is 1. The molecule has 0 saturated heterocycles. The van der Waals surface area contributed by atoms with Crippen molar-refractivity contribution in [1.29, 1.82) is 0 Å². The van der Waals surface area contributed by atoms with Gasteiger partial charge in [-0.05, 0) is 48.2 Å². The number of hydrogen-bond donors (Lipinski definition) is 1. The highest BCUT2D eigenvalue weighted by Crippen LogP contribution is 2.30. The summed E-state index contributed by atoms with van der Waals surface area (Å²) < 4.78 is 7.56. The van der Waals surface area contributed by atoms with E-state index in [1.807, 2.05) is 37.3 Å². The predicted octanol–water partition coefficient (Wildman–Crippen LogP) is 4.37. The largest absolute Gasteiger partial charge is 0.497 e. The number of ether oxygens (including phenoxy) is 1. The number of aromatic nitrogens is 1. The second-order valence-electron chi connectivity index (χ2n) is 6.29. The lowest BCUT2D eigenvalue weighted by Gasteiger charge is -2.12. The SMILES string of the molecule is COc1ccc2c(c1)c(C)c(CCC(=O)O)n2Cc1ccc(C=S)cc1. The van der Waals surface area contributed by atoms with Gasteiger partial charge in [0.25, 0.3) is 0 Å². The van der Waals surface area contributed by atoms with Gasteiger partial charge in [-0.2, -0.15) is 0 Å². The van der Waals surface area contributed by atoms with Crippen LogP contribution in [0.3, 0.4) is 0 Å². The summed E-state index contributed by atoms with van der Waals surface area (Å²) in [7, 11) is 1.65. The minimum Gasteiger partial charge on any atom is -0.497 e. The first-order valence-electron chi connectivity index (χ1n) is 8.45. The maximum Gasteiger partial charge on any atom is 0.303 e. The maximum absolute atomic E-state index is 11.1. The van der Waals surface area contributed by atoms with Crippen molar-refractivity contribution in [1.82, 2.24) is 4.57 Å². The summed E-state index contributed by atoms with van der Waals surface area (Å²) >= 11 is 4.96. The summed E-state index contributed by atoms with van der Waals surface area (Å²) in [6, 6.07) is 14.1. The van der Waals surface area contributed by atoms with E-state index in [4.69, 9.17) is 22.1 Å². The molecule has 0 fully saturated rings. The number of carboxylic acid groups (broad SMARTS) is 1. The van der Waals surface area contributed by atoms with Crippen LogP contribution in [-0.2, 0) is 17.8 Å². The zero-order valence-electron chi connectivity index (χ0n) is 14.9. The predicted molar refractivity (Wildman–Crippen MR) is 107 cm³/mol. The van der Waals surface area contributed by atoms with Crippen molar-refractivity contribution in [2.24, 2.45) is 0 Å². The van der Waals surface area contributed by atoms with E-state index in [2.05, 4.69) is 16.7 Å². The molecule has 0 spiro atoms. The number of carboxylic acids is 1. The van der Waals surface area contributed by atoms with Crippen molar-refractivity contribution in [3.05, 3.63) is 64.8 Å². The van der Waals surface area contributed by atoms with E-state index < -0.39 is 5.97 Å². The number of fused-ring (bicyclic) bond motifs is 1. The van der Waals surface area contributed by atoms with Crippen molar-refractivity contribution in [2.75, 3.05) is 7.11 Å². The number of aliphatic carboxylic acids is 1. The highest BCUT2D eigenvalue weighted by molar-refractivity contribution is 7.79. The fraction of sp³-hybridized carbons (Fsp3) is 0.238. The number of hydrogen-bond acceptors (Lipinski definition) is 3. The molecule has 1 aromatic heterocycles. The molecule has 26 heavy (non-hydrogen) atoms. The fourth-order valence-electron chi connectivity index (χ4n) is 3.29. The van der Waals surface area contributed by atoms with Crippen molar-refractivity contribution < 1.29 is 14.6 Å². The summed E-state index contributed by atoms with van der Waals surface area (Å²) in [5.41, 5.74) is 5.40. The first-order valence-corrected chi connectivity index (χ1v) is 8.92. The maximum atomic E-state index is 11.1. The summed E-state index contributed by atoms with van der Waals surface area (Å²) in [5.74, 6) is 0.0111. The summed E-state index contributed by atoms with van der Waals surface area (Å²) in [6.45, 7) is 2.73. The Morgan fingerprint density at radius 2 is 1.96 bits per heavy atom. The normalized spacial score (nSPS) is 10.8. The molecule has 0 aliphatic heterocycles. The van der Waals surface area contributed by atoms with Gasteiger partial charge in [-0.25, -0.2) is 0 Å². The van der Waals surface area contributed by atoms with Crippen LogP contribution in [0.4, 0.5) is 0 Å². The monoisotopic (exact) mass is 367 g/mol. The number of benzene rings is 2.